The van der Waals surface area contributed by atoms with Gasteiger partial charge in [-0.25, -0.2) is 13.8 Å². The van der Waals surface area contributed by atoms with Crippen LogP contribution < -0.4 is 15.1 Å². The molecule has 6 nitrogen and oxygen atoms in total. The molecule has 0 aliphatic carbocycles. The Kier molecular flexibility index (Phi) is 4.52. The highest BCUT2D eigenvalue weighted by atomic mass is 19.1. The van der Waals surface area contributed by atoms with E-state index >= 15 is 0 Å². The van der Waals surface area contributed by atoms with Crippen molar-refractivity contribution in [3.8, 4) is 5.75 Å². The second kappa shape index (κ2) is 6.35. The molecule has 0 unspecified atom stereocenters. The first-order valence-corrected chi connectivity index (χ1v) is 6.17. The van der Waals surface area contributed by atoms with Crippen LogP contribution in [0, 0.1) is 11.6 Å². The maximum absolute atomic E-state index is 13.8. The number of carbonyl (C=O) groups is 1. The van der Waals surface area contributed by atoms with Crippen LogP contribution in [0.4, 0.5) is 26.0 Å². The average Bonchev–Trinajstić information content (AvgIpc) is 2.47. The number of nitrogens with one attached hydrogen (secondary N) is 1. The fourth-order valence-electron chi connectivity index (χ4n) is 1.96. The first kappa shape index (κ1) is 15.6. The molecule has 1 amide bonds. The molecule has 0 radical (unpaired) electrons. The first-order chi connectivity index (χ1) is 10.5. The molecule has 1 heterocycles. The van der Waals surface area contributed by atoms with Crippen molar-refractivity contribution in [3.63, 3.8) is 0 Å². The molecule has 22 heavy (non-hydrogen) atoms. The van der Waals surface area contributed by atoms with Crippen molar-refractivity contribution in [1.29, 1.82) is 0 Å². The largest absolute Gasteiger partial charge is 0.491 e. The van der Waals surface area contributed by atoms with Gasteiger partial charge in [0, 0.05) is 31.3 Å². The van der Waals surface area contributed by atoms with E-state index in [2.05, 4.69) is 9.72 Å². The van der Waals surface area contributed by atoms with Crippen molar-refractivity contribution in [3.05, 3.63) is 42.1 Å². The van der Waals surface area contributed by atoms with E-state index < -0.39 is 23.3 Å². The van der Waals surface area contributed by atoms with Gasteiger partial charge < -0.3 is 4.74 Å². The second-order valence-corrected chi connectivity index (χ2v) is 4.31. The number of halogens is 2. The van der Waals surface area contributed by atoms with Crippen LogP contribution in [-0.4, -0.2) is 23.2 Å². The van der Waals surface area contributed by atoms with Gasteiger partial charge >= 0.3 is 0 Å². The molecule has 1 aromatic carbocycles. The number of nitrogens with zero attached hydrogens (tertiary/aromatic N) is 2. The number of methoxy groups -OCH3 is 1. The standard InChI is InChI=1S/C14H13F2N3O3/c1-8(20)19(13-5-9(18-21)3-4-17-13)10-6-11(15)14(22-2)12(16)7-10/h3-7,21H,1-2H3,(H,17,18). The van der Waals surface area contributed by atoms with Gasteiger partial charge in [-0.2, -0.15) is 0 Å². The fourth-order valence-corrected chi connectivity index (χ4v) is 1.96. The van der Waals surface area contributed by atoms with Crippen LogP contribution in [0.1, 0.15) is 6.92 Å². The third-order valence-electron chi connectivity index (χ3n) is 2.86. The summed E-state index contributed by atoms with van der Waals surface area (Å²) in [5.41, 5.74) is 2.13. The molecule has 1 aromatic heterocycles. The summed E-state index contributed by atoms with van der Waals surface area (Å²) in [4.78, 5) is 16.8. The van der Waals surface area contributed by atoms with Gasteiger partial charge in [0.15, 0.2) is 17.4 Å². The van der Waals surface area contributed by atoms with E-state index in [4.69, 9.17) is 5.21 Å². The van der Waals surface area contributed by atoms with Crippen molar-refractivity contribution in [2.75, 3.05) is 17.5 Å². The maximum Gasteiger partial charge on any atom is 0.229 e. The van der Waals surface area contributed by atoms with E-state index in [1.165, 1.54) is 25.3 Å². The molecule has 2 aromatic rings. The molecule has 0 fully saturated rings. The number of carbonyl (C=O) groups excluding carboxylic acids is 1. The summed E-state index contributed by atoms with van der Waals surface area (Å²) in [5.74, 6) is -2.84. The van der Waals surface area contributed by atoms with Crippen LogP contribution in [0.5, 0.6) is 5.75 Å². The van der Waals surface area contributed by atoms with Crippen LogP contribution in [-0.2, 0) is 4.79 Å². The normalized spacial score (nSPS) is 10.2. The van der Waals surface area contributed by atoms with Gasteiger partial charge in [-0.05, 0) is 6.07 Å². The zero-order valence-corrected chi connectivity index (χ0v) is 11.8. The number of anilines is 3. The van der Waals surface area contributed by atoms with Gasteiger partial charge in [0.1, 0.15) is 5.82 Å². The molecule has 2 rings (SSSR count). The number of hydrogen-bond acceptors (Lipinski definition) is 5. The number of rotatable bonds is 4. The number of aromatic nitrogens is 1. The third-order valence-corrected chi connectivity index (χ3v) is 2.86. The summed E-state index contributed by atoms with van der Waals surface area (Å²) >= 11 is 0. The number of pyridine rings is 1. The minimum atomic E-state index is -0.944. The lowest BCUT2D eigenvalue weighted by atomic mass is 10.2. The summed E-state index contributed by atoms with van der Waals surface area (Å²) in [6, 6.07) is 4.73. The Balaban J connectivity index is 2.55. The lowest BCUT2D eigenvalue weighted by molar-refractivity contribution is -0.115. The van der Waals surface area contributed by atoms with Crippen LogP contribution in [0.3, 0.4) is 0 Å². The van der Waals surface area contributed by atoms with Gasteiger partial charge in [-0.1, -0.05) is 0 Å². The second-order valence-electron chi connectivity index (χ2n) is 4.31. The average molecular weight is 309 g/mol. The van der Waals surface area contributed by atoms with E-state index in [9.17, 15) is 13.6 Å². The molecular weight excluding hydrogens is 296 g/mol. The van der Waals surface area contributed by atoms with E-state index in [-0.39, 0.29) is 17.2 Å². The highest BCUT2D eigenvalue weighted by Gasteiger charge is 2.20. The molecule has 0 saturated carbocycles. The van der Waals surface area contributed by atoms with Gasteiger partial charge in [0.05, 0.1) is 18.5 Å². The molecule has 8 heteroatoms. The SMILES string of the molecule is COc1c(F)cc(N(C(C)=O)c2cc(NO)ccn2)cc1F. The lowest BCUT2D eigenvalue weighted by Crippen LogP contribution is -2.24. The van der Waals surface area contributed by atoms with Crippen LogP contribution >= 0.6 is 0 Å². The van der Waals surface area contributed by atoms with Crippen molar-refractivity contribution in [2.45, 2.75) is 6.92 Å². The molecule has 0 aliphatic rings. The minimum Gasteiger partial charge on any atom is -0.491 e. The van der Waals surface area contributed by atoms with Crippen molar-refractivity contribution < 1.29 is 23.5 Å². The molecule has 116 valence electrons. The molecular formula is C14H13F2N3O3. The summed E-state index contributed by atoms with van der Waals surface area (Å²) in [7, 11) is 1.14. The molecule has 0 atom stereocenters. The Morgan fingerprint density at radius 3 is 2.45 bits per heavy atom. The maximum atomic E-state index is 13.8. The van der Waals surface area contributed by atoms with Gasteiger partial charge in [-0.3, -0.25) is 20.4 Å². The topological polar surface area (TPSA) is 74.7 Å². The Morgan fingerprint density at radius 1 is 1.32 bits per heavy atom. The zero-order valence-electron chi connectivity index (χ0n) is 11.8. The Labute approximate surface area is 124 Å². The van der Waals surface area contributed by atoms with E-state index in [0.29, 0.717) is 0 Å². The quantitative estimate of drug-likeness (QED) is 0.850. The predicted molar refractivity (Wildman–Crippen MR) is 75.4 cm³/mol. The molecule has 0 aliphatic heterocycles. The van der Waals surface area contributed by atoms with E-state index in [0.717, 1.165) is 24.1 Å². The van der Waals surface area contributed by atoms with E-state index in [1.807, 2.05) is 5.48 Å². The molecule has 0 spiro atoms. The van der Waals surface area contributed by atoms with Crippen LogP contribution in [0.25, 0.3) is 0 Å². The highest BCUT2D eigenvalue weighted by molar-refractivity contribution is 5.98. The van der Waals surface area contributed by atoms with Crippen molar-refractivity contribution in [2.24, 2.45) is 0 Å². The van der Waals surface area contributed by atoms with Crippen molar-refractivity contribution >= 4 is 23.1 Å². The van der Waals surface area contributed by atoms with Gasteiger partial charge in [0.25, 0.3) is 0 Å². The smallest absolute Gasteiger partial charge is 0.229 e. The van der Waals surface area contributed by atoms with Gasteiger partial charge in [-0.15, -0.1) is 0 Å². The monoisotopic (exact) mass is 309 g/mol. The minimum absolute atomic E-state index is 0.0501. The molecule has 0 saturated heterocycles. The number of amides is 1. The predicted octanol–water partition coefficient (Wildman–Crippen LogP) is 2.85. The Morgan fingerprint density at radius 2 is 1.95 bits per heavy atom. The zero-order chi connectivity index (χ0) is 16.3. The number of ether oxygens (including phenoxy) is 1. The van der Waals surface area contributed by atoms with E-state index in [1.54, 1.807) is 0 Å². The van der Waals surface area contributed by atoms with Crippen LogP contribution in [0.2, 0.25) is 0 Å². The fraction of sp³-hybridized carbons (Fsp3) is 0.143. The summed E-state index contributed by atoms with van der Waals surface area (Å²) in [6.07, 6.45) is 1.33. The first-order valence-electron chi connectivity index (χ1n) is 6.17. The van der Waals surface area contributed by atoms with Crippen LogP contribution in [0.15, 0.2) is 30.5 Å². The highest BCUT2D eigenvalue weighted by Crippen LogP contribution is 2.31. The lowest BCUT2D eigenvalue weighted by Gasteiger charge is -2.21. The Bertz CT molecular complexity index is 686. The molecule has 2 N–H and O–H groups in total. The summed E-state index contributed by atoms with van der Waals surface area (Å²) < 4.78 is 32.2. The third kappa shape index (κ3) is 2.96. The summed E-state index contributed by atoms with van der Waals surface area (Å²) in [5, 5.41) is 8.89. The summed E-state index contributed by atoms with van der Waals surface area (Å²) in [6.45, 7) is 1.22. The number of benzene rings is 1. The number of hydrogen-bond donors (Lipinski definition) is 2. The van der Waals surface area contributed by atoms with Gasteiger partial charge in [0.2, 0.25) is 5.91 Å². The molecule has 0 bridgehead atoms. The van der Waals surface area contributed by atoms with Crippen molar-refractivity contribution in [1.82, 2.24) is 4.98 Å². The Hall–Kier alpha value is -2.74.